The molecule has 1 amide bonds. The van der Waals surface area contributed by atoms with Gasteiger partial charge in [-0.25, -0.2) is 4.79 Å². The van der Waals surface area contributed by atoms with Gasteiger partial charge in [0.15, 0.2) is 0 Å². The number of hydrogen-bond acceptors (Lipinski definition) is 4. The van der Waals surface area contributed by atoms with E-state index < -0.39 is 5.60 Å². The molecular weight excluding hydrogens is 292 g/mol. The summed E-state index contributed by atoms with van der Waals surface area (Å²) in [6.07, 6.45) is 1.62. The van der Waals surface area contributed by atoms with E-state index in [0.717, 1.165) is 18.6 Å². The number of carbonyl (C=O) groups excluding carboxylic acids is 1. The van der Waals surface area contributed by atoms with Gasteiger partial charge >= 0.3 is 6.09 Å². The van der Waals surface area contributed by atoms with Crippen molar-refractivity contribution in [2.24, 2.45) is 5.73 Å². The summed E-state index contributed by atoms with van der Waals surface area (Å²) in [7, 11) is 0. The molecule has 1 aliphatic heterocycles. The number of piperidine rings is 1. The fourth-order valence-corrected chi connectivity index (χ4v) is 2.82. The first kappa shape index (κ1) is 17.6. The summed E-state index contributed by atoms with van der Waals surface area (Å²) in [5, 5.41) is 0. The fraction of sp³-hybridized carbons (Fsp3) is 0.611. The van der Waals surface area contributed by atoms with Crippen LogP contribution in [0.4, 0.5) is 4.79 Å². The van der Waals surface area contributed by atoms with Gasteiger partial charge < -0.3 is 20.1 Å². The largest absolute Gasteiger partial charge is 0.492 e. The second kappa shape index (κ2) is 7.68. The van der Waals surface area contributed by atoms with Crippen LogP contribution in [0, 0.1) is 0 Å². The number of benzene rings is 1. The molecule has 5 nitrogen and oxygen atoms in total. The topological polar surface area (TPSA) is 64.8 Å². The minimum atomic E-state index is -0.448. The van der Waals surface area contributed by atoms with Gasteiger partial charge in [-0.3, -0.25) is 0 Å². The van der Waals surface area contributed by atoms with Gasteiger partial charge in [0, 0.05) is 19.6 Å². The zero-order valence-corrected chi connectivity index (χ0v) is 14.4. The second-order valence-electron chi connectivity index (χ2n) is 6.92. The van der Waals surface area contributed by atoms with E-state index in [9.17, 15) is 4.79 Å². The van der Waals surface area contributed by atoms with E-state index in [0.29, 0.717) is 32.2 Å². The predicted molar refractivity (Wildman–Crippen MR) is 90.8 cm³/mol. The Balaban J connectivity index is 1.95. The van der Waals surface area contributed by atoms with E-state index in [1.54, 1.807) is 4.90 Å². The van der Waals surface area contributed by atoms with Crippen molar-refractivity contribution in [2.75, 3.05) is 26.2 Å². The van der Waals surface area contributed by atoms with Gasteiger partial charge in [-0.05, 0) is 51.2 Å². The summed E-state index contributed by atoms with van der Waals surface area (Å²) in [5.74, 6) is 1.32. The summed E-state index contributed by atoms with van der Waals surface area (Å²) in [5.41, 5.74) is 6.29. The fourth-order valence-electron chi connectivity index (χ4n) is 2.82. The van der Waals surface area contributed by atoms with Crippen LogP contribution in [-0.2, 0) is 4.74 Å². The van der Waals surface area contributed by atoms with E-state index in [2.05, 4.69) is 6.07 Å². The molecule has 0 radical (unpaired) electrons. The summed E-state index contributed by atoms with van der Waals surface area (Å²) < 4.78 is 11.2. The Bertz CT molecular complexity index is 517. The number of hydrogen-bond donors (Lipinski definition) is 1. The maximum absolute atomic E-state index is 12.1. The molecule has 0 aromatic heterocycles. The molecule has 1 aliphatic rings. The van der Waals surface area contributed by atoms with Gasteiger partial charge in [0.1, 0.15) is 18.0 Å². The lowest BCUT2D eigenvalue weighted by atomic mass is 9.89. The highest BCUT2D eigenvalue weighted by Gasteiger charge is 2.28. The van der Waals surface area contributed by atoms with Crippen LogP contribution in [0.2, 0.25) is 0 Å². The molecule has 1 aromatic rings. The summed E-state index contributed by atoms with van der Waals surface area (Å²) in [6, 6.07) is 8.11. The molecule has 0 unspecified atom stereocenters. The number of para-hydroxylation sites is 1. The monoisotopic (exact) mass is 320 g/mol. The van der Waals surface area contributed by atoms with Crippen molar-refractivity contribution in [1.29, 1.82) is 0 Å². The Morgan fingerprint density at radius 2 is 1.91 bits per heavy atom. The Labute approximate surface area is 138 Å². The Kier molecular flexibility index (Phi) is 5.88. The van der Waals surface area contributed by atoms with E-state index in [1.165, 1.54) is 5.56 Å². The highest BCUT2D eigenvalue weighted by atomic mass is 16.6. The number of rotatable bonds is 4. The molecule has 2 N–H and O–H groups in total. The molecule has 0 saturated carbocycles. The molecule has 0 aliphatic carbocycles. The van der Waals surface area contributed by atoms with Crippen LogP contribution >= 0.6 is 0 Å². The van der Waals surface area contributed by atoms with Crippen molar-refractivity contribution in [2.45, 2.75) is 45.1 Å². The average Bonchev–Trinajstić information content (AvgIpc) is 2.52. The van der Waals surface area contributed by atoms with Crippen LogP contribution in [0.1, 0.15) is 45.1 Å². The van der Waals surface area contributed by atoms with Crippen LogP contribution in [0.3, 0.4) is 0 Å². The lowest BCUT2D eigenvalue weighted by Crippen LogP contribution is -2.41. The van der Waals surface area contributed by atoms with Gasteiger partial charge in [-0.2, -0.15) is 0 Å². The minimum absolute atomic E-state index is 0.219. The molecule has 5 heteroatoms. The molecule has 0 atom stereocenters. The number of carbonyl (C=O) groups is 1. The highest BCUT2D eigenvalue weighted by Crippen LogP contribution is 2.34. The van der Waals surface area contributed by atoms with Crippen molar-refractivity contribution < 1.29 is 14.3 Å². The molecule has 0 spiro atoms. The van der Waals surface area contributed by atoms with Gasteiger partial charge in [0.25, 0.3) is 0 Å². The van der Waals surface area contributed by atoms with Crippen molar-refractivity contribution in [3.8, 4) is 5.75 Å². The Morgan fingerprint density at radius 3 is 2.52 bits per heavy atom. The molecule has 0 bridgehead atoms. The van der Waals surface area contributed by atoms with Crippen molar-refractivity contribution >= 4 is 6.09 Å². The average molecular weight is 320 g/mol. The molecule has 1 fully saturated rings. The maximum Gasteiger partial charge on any atom is 0.410 e. The molecular formula is C18H28N2O3. The third-order valence-corrected chi connectivity index (χ3v) is 3.88. The highest BCUT2D eigenvalue weighted by molar-refractivity contribution is 5.68. The van der Waals surface area contributed by atoms with E-state index in [1.807, 2.05) is 39.0 Å². The molecule has 1 aromatic carbocycles. The van der Waals surface area contributed by atoms with Gasteiger partial charge in [-0.15, -0.1) is 0 Å². The minimum Gasteiger partial charge on any atom is -0.492 e. The first-order valence-corrected chi connectivity index (χ1v) is 8.30. The van der Waals surface area contributed by atoms with Crippen molar-refractivity contribution in [1.82, 2.24) is 4.90 Å². The van der Waals surface area contributed by atoms with E-state index in [-0.39, 0.29) is 6.09 Å². The quantitative estimate of drug-likeness (QED) is 0.925. The number of likely N-dealkylation sites (tertiary alicyclic amines) is 1. The standard InChI is InChI=1S/C18H28N2O3/c1-18(2,3)23-17(21)20-11-8-14(9-12-20)15-6-4-5-7-16(15)22-13-10-19/h4-7,14H,8-13,19H2,1-3H3. The summed E-state index contributed by atoms with van der Waals surface area (Å²) in [6.45, 7) is 8.13. The lowest BCUT2D eigenvalue weighted by Gasteiger charge is -2.34. The Hall–Kier alpha value is -1.75. The first-order valence-electron chi connectivity index (χ1n) is 8.30. The molecule has 1 saturated heterocycles. The summed E-state index contributed by atoms with van der Waals surface area (Å²) >= 11 is 0. The zero-order valence-electron chi connectivity index (χ0n) is 14.4. The predicted octanol–water partition coefficient (Wildman–Crippen LogP) is 3.14. The first-order chi connectivity index (χ1) is 10.9. The lowest BCUT2D eigenvalue weighted by molar-refractivity contribution is 0.0204. The van der Waals surface area contributed by atoms with E-state index in [4.69, 9.17) is 15.2 Å². The normalized spacial score (nSPS) is 16.3. The smallest absolute Gasteiger partial charge is 0.410 e. The van der Waals surface area contributed by atoms with Crippen LogP contribution in [0.5, 0.6) is 5.75 Å². The molecule has 128 valence electrons. The number of amides is 1. The summed E-state index contributed by atoms with van der Waals surface area (Å²) in [4.78, 5) is 13.9. The zero-order chi connectivity index (χ0) is 16.9. The van der Waals surface area contributed by atoms with Crippen molar-refractivity contribution in [3.63, 3.8) is 0 Å². The third-order valence-electron chi connectivity index (χ3n) is 3.88. The van der Waals surface area contributed by atoms with Crippen LogP contribution < -0.4 is 10.5 Å². The van der Waals surface area contributed by atoms with Gasteiger partial charge in [0.05, 0.1) is 0 Å². The molecule has 2 rings (SSSR count). The number of nitrogens with two attached hydrogens (primary N) is 1. The third kappa shape index (κ3) is 5.13. The number of nitrogens with zero attached hydrogens (tertiary/aromatic N) is 1. The maximum atomic E-state index is 12.1. The molecule has 23 heavy (non-hydrogen) atoms. The van der Waals surface area contributed by atoms with Crippen LogP contribution in [-0.4, -0.2) is 42.8 Å². The van der Waals surface area contributed by atoms with Gasteiger partial charge in [0.2, 0.25) is 0 Å². The van der Waals surface area contributed by atoms with Crippen LogP contribution in [0.15, 0.2) is 24.3 Å². The number of ether oxygens (including phenoxy) is 2. The second-order valence-corrected chi connectivity index (χ2v) is 6.92. The van der Waals surface area contributed by atoms with Crippen LogP contribution in [0.25, 0.3) is 0 Å². The Morgan fingerprint density at radius 1 is 1.26 bits per heavy atom. The molecule has 1 heterocycles. The van der Waals surface area contributed by atoms with Gasteiger partial charge in [-0.1, -0.05) is 18.2 Å². The van der Waals surface area contributed by atoms with E-state index >= 15 is 0 Å². The SMILES string of the molecule is CC(C)(C)OC(=O)N1CCC(c2ccccc2OCCN)CC1. The van der Waals surface area contributed by atoms with Crippen molar-refractivity contribution in [3.05, 3.63) is 29.8 Å².